The first-order valence-electron chi connectivity index (χ1n) is 10.0. The smallest absolute Gasteiger partial charge is 0.228 e. The Labute approximate surface area is 179 Å². The minimum absolute atomic E-state index is 0.0629. The Hall–Kier alpha value is -2.70. The van der Waals surface area contributed by atoms with E-state index in [0.717, 1.165) is 23.3 Å². The van der Waals surface area contributed by atoms with E-state index in [9.17, 15) is 4.79 Å². The van der Waals surface area contributed by atoms with Crippen molar-refractivity contribution in [3.63, 3.8) is 0 Å². The molecule has 30 heavy (non-hydrogen) atoms. The van der Waals surface area contributed by atoms with E-state index in [1.54, 1.807) is 12.1 Å². The predicted octanol–water partition coefficient (Wildman–Crippen LogP) is 3.72. The highest BCUT2D eigenvalue weighted by Crippen LogP contribution is 2.29. The van der Waals surface area contributed by atoms with Crippen LogP contribution in [0.15, 0.2) is 47.0 Å². The van der Waals surface area contributed by atoms with Gasteiger partial charge in [0, 0.05) is 30.2 Å². The standard InChI is InChI=1S/C23H23ClN2O4/c24-19-4-1-15(2-5-19)13-20(28)14-18(23-25-22(7-9-27)30-26-23)12-16-3-6-21-17(11-16)8-10-29-21/h1-6,11,18,27H,7-10,12-14H2. The maximum absolute atomic E-state index is 12.8. The summed E-state index contributed by atoms with van der Waals surface area (Å²) in [6, 6.07) is 13.4. The van der Waals surface area contributed by atoms with Gasteiger partial charge < -0.3 is 14.4 Å². The van der Waals surface area contributed by atoms with Crippen LogP contribution in [0.1, 0.15) is 40.7 Å². The highest BCUT2D eigenvalue weighted by molar-refractivity contribution is 6.30. The molecule has 0 saturated carbocycles. The molecule has 1 aromatic heterocycles. The van der Waals surface area contributed by atoms with Crippen LogP contribution in [0.2, 0.25) is 5.02 Å². The van der Waals surface area contributed by atoms with Crippen LogP contribution in [0, 0.1) is 0 Å². The number of ketones is 1. The number of halogens is 1. The average Bonchev–Trinajstić information content (AvgIpc) is 3.38. The molecule has 2 heterocycles. The molecule has 0 amide bonds. The van der Waals surface area contributed by atoms with E-state index in [1.807, 2.05) is 24.3 Å². The van der Waals surface area contributed by atoms with E-state index in [4.69, 9.17) is 26.0 Å². The Balaban J connectivity index is 1.51. The van der Waals surface area contributed by atoms with Gasteiger partial charge in [-0.05, 0) is 41.3 Å². The SMILES string of the molecule is O=C(Cc1ccc(Cl)cc1)CC(Cc1ccc2c(c1)CCO2)c1noc(CCO)n1. The van der Waals surface area contributed by atoms with Crippen LogP contribution < -0.4 is 4.74 Å². The van der Waals surface area contributed by atoms with Gasteiger partial charge in [0.15, 0.2) is 5.82 Å². The second-order valence-electron chi connectivity index (χ2n) is 7.51. The van der Waals surface area contributed by atoms with Crippen LogP contribution in [0.5, 0.6) is 5.75 Å². The summed E-state index contributed by atoms with van der Waals surface area (Å²) in [4.78, 5) is 17.2. The lowest BCUT2D eigenvalue weighted by Crippen LogP contribution is -2.13. The molecule has 4 rings (SSSR count). The van der Waals surface area contributed by atoms with Crippen molar-refractivity contribution in [2.45, 2.75) is 38.0 Å². The minimum Gasteiger partial charge on any atom is -0.493 e. The van der Waals surface area contributed by atoms with Gasteiger partial charge >= 0.3 is 0 Å². The van der Waals surface area contributed by atoms with Crippen LogP contribution in [0.3, 0.4) is 0 Å². The number of hydrogen-bond donors (Lipinski definition) is 1. The van der Waals surface area contributed by atoms with Crippen molar-refractivity contribution >= 4 is 17.4 Å². The Morgan fingerprint density at radius 3 is 2.77 bits per heavy atom. The Kier molecular flexibility index (Phi) is 6.45. The Morgan fingerprint density at radius 1 is 1.17 bits per heavy atom. The molecular formula is C23H23ClN2O4. The summed E-state index contributed by atoms with van der Waals surface area (Å²) in [5.41, 5.74) is 3.22. The van der Waals surface area contributed by atoms with Crippen molar-refractivity contribution < 1.29 is 19.2 Å². The molecule has 2 aromatic carbocycles. The number of hydrogen-bond acceptors (Lipinski definition) is 6. The van der Waals surface area contributed by atoms with Gasteiger partial charge in [-0.2, -0.15) is 4.98 Å². The van der Waals surface area contributed by atoms with Gasteiger partial charge in [0.2, 0.25) is 5.89 Å². The molecule has 0 aliphatic carbocycles. The van der Waals surface area contributed by atoms with Gasteiger partial charge in [-0.1, -0.05) is 41.0 Å². The number of aliphatic hydroxyl groups excluding tert-OH is 1. The summed E-state index contributed by atoms with van der Waals surface area (Å²) < 4.78 is 10.8. The predicted molar refractivity (Wildman–Crippen MR) is 112 cm³/mol. The van der Waals surface area contributed by atoms with Gasteiger partial charge in [-0.15, -0.1) is 0 Å². The number of aliphatic hydroxyl groups is 1. The maximum Gasteiger partial charge on any atom is 0.228 e. The molecule has 6 nitrogen and oxygen atoms in total. The quantitative estimate of drug-likeness (QED) is 0.561. The van der Waals surface area contributed by atoms with E-state index >= 15 is 0 Å². The first kappa shape index (κ1) is 20.6. The summed E-state index contributed by atoms with van der Waals surface area (Å²) in [6.07, 6.45) is 2.44. The molecule has 0 saturated heterocycles. The average molecular weight is 427 g/mol. The number of carbonyl (C=O) groups excluding carboxylic acids is 1. The third-order valence-corrected chi connectivity index (χ3v) is 5.45. The van der Waals surface area contributed by atoms with Crippen molar-refractivity contribution in [1.82, 2.24) is 10.1 Å². The zero-order valence-electron chi connectivity index (χ0n) is 16.5. The van der Waals surface area contributed by atoms with Crippen molar-refractivity contribution in [3.05, 3.63) is 75.9 Å². The van der Waals surface area contributed by atoms with E-state index in [-0.39, 0.29) is 18.3 Å². The number of fused-ring (bicyclic) bond motifs is 1. The minimum atomic E-state index is -0.207. The monoisotopic (exact) mass is 426 g/mol. The molecule has 1 aliphatic heterocycles. The van der Waals surface area contributed by atoms with Gasteiger partial charge in [0.05, 0.1) is 19.6 Å². The molecule has 1 aliphatic rings. The highest BCUT2D eigenvalue weighted by Gasteiger charge is 2.23. The van der Waals surface area contributed by atoms with Crippen LogP contribution in [-0.2, 0) is 30.5 Å². The third-order valence-electron chi connectivity index (χ3n) is 5.20. The molecule has 1 unspecified atom stereocenters. The van der Waals surface area contributed by atoms with E-state index in [1.165, 1.54) is 5.56 Å². The number of nitrogens with zero attached hydrogens (tertiary/aromatic N) is 2. The summed E-state index contributed by atoms with van der Waals surface area (Å²) >= 11 is 5.93. The lowest BCUT2D eigenvalue weighted by Gasteiger charge is -2.14. The molecule has 1 N–H and O–H groups in total. The first-order valence-corrected chi connectivity index (χ1v) is 10.4. The van der Waals surface area contributed by atoms with Crippen molar-refractivity contribution in [3.8, 4) is 5.75 Å². The molecule has 0 bridgehead atoms. The molecular weight excluding hydrogens is 404 g/mol. The lowest BCUT2D eigenvalue weighted by atomic mass is 9.91. The van der Waals surface area contributed by atoms with Gasteiger partial charge in [0.25, 0.3) is 0 Å². The number of ether oxygens (including phenoxy) is 1. The molecule has 1 atom stereocenters. The van der Waals surface area contributed by atoms with Crippen LogP contribution in [0.25, 0.3) is 0 Å². The number of benzene rings is 2. The fourth-order valence-corrected chi connectivity index (χ4v) is 3.84. The number of carbonyl (C=O) groups is 1. The summed E-state index contributed by atoms with van der Waals surface area (Å²) in [6.45, 7) is 0.643. The second-order valence-corrected chi connectivity index (χ2v) is 7.94. The zero-order chi connectivity index (χ0) is 20.9. The van der Waals surface area contributed by atoms with Crippen LogP contribution in [-0.4, -0.2) is 34.2 Å². The molecule has 0 spiro atoms. The van der Waals surface area contributed by atoms with Crippen molar-refractivity contribution in [2.75, 3.05) is 13.2 Å². The Morgan fingerprint density at radius 2 is 1.97 bits per heavy atom. The van der Waals surface area contributed by atoms with Gasteiger partial charge in [0.1, 0.15) is 11.5 Å². The van der Waals surface area contributed by atoms with Crippen molar-refractivity contribution in [1.29, 1.82) is 0 Å². The molecule has 0 radical (unpaired) electrons. The topological polar surface area (TPSA) is 85.5 Å². The fourth-order valence-electron chi connectivity index (χ4n) is 3.71. The zero-order valence-corrected chi connectivity index (χ0v) is 17.3. The molecule has 0 fully saturated rings. The molecule has 7 heteroatoms. The summed E-state index contributed by atoms with van der Waals surface area (Å²) in [5.74, 6) is 1.70. The fraction of sp³-hybridized carbons (Fsp3) is 0.348. The lowest BCUT2D eigenvalue weighted by molar-refractivity contribution is -0.118. The first-order chi connectivity index (χ1) is 14.6. The van der Waals surface area contributed by atoms with E-state index in [2.05, 4.69) is 16.2 Å². The molecule has 3 aromatic rings. The van der Waals surface area contributed by atoms with Gasteiger partial charge in [-0.3, -0.25) is 4.79 Å². The van der Waals surface area contributed by atoms with Gasteiger partial charge in [-0.25, -0.2) is 0 Å². The second kappa shape index (κ2) is 9.41. The highest BCUT2D eigenvalue weighted by atomic mass is 35.5. The normalized spacial score (nSPS) is 13.7. The van der Waals surface area contributed by atoms with E-state index in [0.29, 0.717) is 49.0 Å². The van der Waals surface area contributed by atoms with Crippen LogP contribution >= 0.6 is 11.6 Å². The van der Waals surface area contributed by atoms with E-state index < -0.39 is 0 Å². The Bertz CT molecular complexity index is 1020. The number of rotatable bonds is 9. The number of aromatic nitrogens is 2. The summed E-state index contributed by atoms with van der Waals surface area (Å²) in [5, 5.41) is 13.8. The van der Waals surface area contributed by atoms with Crippen molar-refractivity contribution in [2.24, 2.45) is 0 Å². The molecule has 156 valence electrons. The summed E-state index contributed by atoms with van der Waals surface area (Å²) in [7, 11) is 0. The largest absolute Gasteiger partial charge is 0.493 e. The van der Waals surface area contributed by atoms with Crippen LogP contribution in [0.4, 0.5) is 0 Å². The maximum atomic E-state index is 12.8. The number of Topliss-reactive ketones (excluding diaryl/α,β-unsaturated/α-hetero) is 1. The third kappa shape index (κ3) is 5.07.